The number of nitrogens with one attached hydrogen (secondary N) is 1. The van der Waals surface area contributed by atoms with Crippen LogP contribution >= 0.6 is 22.9 Å². The van der Waals surface area contributed by atoms with E-state index in [9.17, 15) is 13.2 Å². The summed E-state index contributed by atoms with van der Waals surface area (Å²) in [5.41, 5.74) is 0.786. The predicted molar refractivity (Wildman–Crippen MR) is 101 cm³/mol. The van der Waals surface area contributed by atoms with Gasteiger partial charge in [-0.15, -0.1) is 0 Å². The summed E-state index contributed by atoms with van der Waals surface area (Å²) in [4.78, 5) is 21.5. The molecule has 0 spiro atoms. The summed E-state index contributed by atoms with van der Waals surface area (Å²) >= 11 is 7.39. The molecule has 1 N–H and O–H groups in total. The largest absolute Gasteiger partial charge is 0.298 e. The van der Waals surface area contributed by atoms with E-state index in [-0.39, 0.29) is 15.5 Å². The van der Waals surface area contributed by atoms with E-state index in [2.05, 4.69) is 10.3 Å². The zero-order chi connectivity index (χ0) is 18.9. The van der Waals surface area contributed by atoms with Crippen LogP contribution in [0, 0.1) is 0 Å². The minimum absolute atomic E-state index is 0.0245. The minimum Gasteiger partial charge on any atom is -0.298 e. The molecule has 0 aliphatic carbocycles. The van der Waals surface area contributed by atoms with Crippen molar-refractivity contribution in [1.29, 1.82) is 0 Å². The molecule has 1 amide bonds. The van der Waals surface area contributed by atoms with Crippen LogP contribution in [-0.4, -0.2) is 37.9 Å². The van der Waals surface area contributed by atoms with E-state index >= 15 is 0 Å². The maximum atomic E-state index is 12.6. The van der Waals surface area contributed by atoms with E-state index < -0.39 is 15.9 Å². The van der Waals surface area contributed by atoms with Crippen LogP contribution in [0.25, 0.3) is 10.2 Å². The molecule has 0 aliphatic rings. The number of rotatable bonds is 5. The summed E-state index contributed by atoms with van der Waals surface area (Å²) in [5.74, 6) is -0.550. The quantitative estimate of drug-likeness (QED) is 0.650. The second-order valence-electron chi connectivity index (χ2n) is 5.18. The second-order valence-corrected chi connectivity index (χ2v) is 8.55. The molecule has 0 aliphatic heterocycles. The SMILES string of the molecule is CON(C)S(=O)(=O)c1ccc(Cl)c(C(=O)Nc2nc3ccccc3s2)c1. The van der Waals surface area contributed by atoms with E-state index in [0.29, 0.717) is 9.60 Å². The van der Waals surface area contributed by atoms with Gasteiger partial charge in [-0.3, -0.25) is 14.9 Å². The number of anilines is 1. The highest BCUT2D eigenvalue weighted by Gasteiger charge is 2.23. The number of hydrogen-bond donors (Lipinski definition) is 1. The molecule has 1 heterocycles. The van der Waals surface area contributed by atoms with Gasteiger partial charge in [0.25, 0.3) is 15.9 Å². The fourth-order valence-electron chi connectivity index (χ4n) is 2.18. The van der Waals surface area contributed by atoms with Gasteiger partial charge in [-0.25, -0.2) is 13.4 Å². The summed E-state index contributed by atoms with van der Waals surface area (Å²) in [6.45, 7) is 0. The number of para-hydroxylation sites is 1. The Morgan fingerprint density at radius 2 is 2.00 bits per heavy atom. The smallest absolute Gasteiger partial charge is 0.264 e. The number of thiazole rings is 1. The van der Waals surface area contributed by atoms with Gasteiger partial charge in [0.2, 0.25) is 0 Å². The Kier molecular flexibility index (Phi) is 5.26. The summed E-state index contributed by atoms with van der Waals surface area (Å²) < 4.78 is 26.3. The van der Waals surface area contributed by atoms with Gasteiger partial charge in [-0.2, -0.15) is 0 Å². The summed E-state index contributed by atoms with van der Waals surface area (Å²) in [6.07, 6.45) is 0. The average Bonchev–Trinajstić information content (AvgIpc) is 3.03. The van der Waals surface area contributed by atoms with Crippen LogP contribution in [0.2, 0.25) is 5.02 Å². The second kappa shape index (κ2) is 7.29. The minimum atomic E-state index is -3.90. The van der Waals surface area contributed by atoms with Crippen LogP contribution in [0.1, 0.15) is 10.4 Å². The van der Waals surface area contributed by atoms with E-state index in [1.807, 2.05) is 24.3 Å². The predicted octanol–water partition coefficient (Wildman–Crippen LogP) is 3.38. The van der Waals surface area contributed by atoms with Crippen molar-refractivity contribution in [2.45, 2.75) is 4.90 Å². The number of fused-ring (bicyclic) bond motifs is 1. The maximum Gasteiger partial charge on any atom is 0.264 e. The van der Waals surface area contributed by atoms with Crippen LogP contribution < -0.4 is 5.32 Å². The number of nitrogens with zero attached hydrogens (tertiary/aromatic N) is 2. The molecule has 1 aromatic heterocycles. The van der Waals surface area contributed by atoms with Crippen molar-refractivity contribution in [2.75, 3.05) is 19.5 Å². The number of carbonyl (C=O) groups excluding carboxylic acids is 1. The fraction of sp³-hybridized carbons (Fsp3) is 0.125. The molecule has 0 saturated carbocycles. The molecule has 0 saturated heterocycles. The van der Waals surface area contributed by atoms with Gasteiger partial charge in [0.1, 0.15) is 0 Å². The molecular weight excluding hydrogens is 398 g/mol. The number of aromatic nitrogens is 1. The third-order valence-electron chi connectivity index (χ3n) is 3.59. The van der Waals surface area contributed by atoms with Gasteiger partial charge in [0.05, 0.1) is 32.8 Å². The highest BCUT2D eigenvalue weighted by molar-refractivity contribution is 7.89. The fourth-order valence-corrected chi connectivity index (χ4v) is 4.24. The normalized spacial score (nSPS) is 11.8. The number of hydrogen-bond acceptors (Lipinski definition) is 6. The molecule has 136 valence electrons. The zero-order valence-corrected chi connectivity index (χ0v) is 16.2. The lowest BCUT2D eigenvalue weighted by Crippen LogP contribution is -2.26. The lowest BCUT2D eigenvalue weighted by atomic mass is 10.2. The highest BCUT2D eigenvalue weighted by atomic mass is 35.5. The Hall–Kier alpha value is -2.04. The Morgan fingerprint density at radius 1 is 1.27 bits per heavy atom. The molecule has 26 heavy (non-hydrogen) atoms. The molecule has 3 rings (SSSR count). The number of benzene rings is 2. The molecule has 0 unspecified atom stereocenters. The Balaban J connectivity index is 1.92. The average molecular weight is 412 g/mol. The molecule has 0 radical (unpaired) electrons. The first-order chi connectivity index (χ1) is 12.3. The molecule has 7 nitrogen and oxygen atoms in total. The first-order valence-corrected chi connectivity index (χ1v) is 9.96. The topological polar surface area (TPSA) is 88.6 Å². The number of carbonyl (C=O) groups is 1. The standard InChI is InChI=1S/C16H14ClN3O4S2/c1-20(24-2)26(22,23)10-7-8-12(17)11(9-10)15(21)19-16-18-13-5-3-4-6-14(13)25-16/h3-9H,1-2H3,(H,18,19,21). The van der Waals surface area contributed by atoms with Crippen LogP contribution in [0.15, 0.2) is 47.4 Å². The summed E-state index contributed by atoms with van der Waals surface area (Å²) in [5, 5.41) is 3.18. The molecule has 10 heteroatoms. The van der Waals surface area contributed by atoms with Crippen molar-refractivity contribution < 1.29 is 18.0 Å². The number of halogens is 1. The van der Waals surface area contributed by atoms with Gasteiger partial charge in [0, 0.05) is 7.05 Å². The van der Waals surface area contributed by atoms with Crippen LogP contribution in [0.3, 0.4) is 0 Å². The van der Waals surface area contributed by atoms with Crippen LogP contribution in [0.4, 0.5) is 5.13 Å². The van der Waals surface area contributed by atoms with Gasteiger partial charge < -0.3 is 0 Å². The van der Waals surface area contributed by atoms with E-state index in [4.69, 9.17) is 16.4 Å². The molecule has 0 atom stereocenters. The number of hydroxylamine groups is 1. The van der Waals surface area contributed by atoms with E-state index in [1.165, 1.54) is 43.7 Å². The Labute approximate surface area is 159 Å². The van der Waals surface area contributed by atoms with Crippen molar-refractivity contribution in [3.8, 4) is 0 Å². The lowest BCUT2D eigenvalue weighted by molar-refractivity contribution is -0.0258. The van der Waals surface area contributed by atoms with Crippen molar-refractivity contribution in [3.63, 3.8) is 0 Å². The van der Waals surface area contributed by atoms with E-state index in [1.54, 1.807) is 0 Å². The van der Waals surface area contributed by atoms with Gasteiger partial charge >= 0.3 is 0 Å². The Morgan fingerprint density at radius 3 is 2.69 bits per heavy atom. The van der Waals surface area contributed by atoms with Crippen molar-refractivity contribution >= 4 is 54.2 Å². The van der Waals surface area contributed by atoms with Gasteiger partial charge in [0.15, 0.2) is 5.13 Å². The first-order valence-electron chi connectivity index (χ1n) is 7.32. The highest BCUT2D eigenvalue weighted by Crippen LogP contribution is 2.27. The molecule has 3 aromatic rings. The third kappa shape index (κ3) is 3.57. The lowest BCUT2D eigenvalue weighted by Gasteiger charge is -2.15. The summed E-state index contributed by atoms with van der Waals surface area (Å²) in [7, 11) is -1.41. The van der Waals surface area contributed by atoms with Gasteiger partial charge in [-0.1, -0.05) is 39.5 Å². The monoisotopic (exact) mass is 411 g/mol. The third-order valence-corrected chi connectivity index (χ3v) is 6.55. The van der Waals surface area contributed by atoms with Crippen molar-refractivity contribution in [2.24, 2.45) is 0 Å². The number of amides is 1. The first kappa shape index (κ1) is 18.7. The van der Waals surface area contributed by atoms with Crippen LogP contribution in [-0.2, 0) is 14.9 Å². The molecule has 2 aromatic carbocycles. The van der Waals surface area contributed by atoms with Crippen molar-refractivity contribution in [3.05, 3.63) is 53.1 Å². The molecular formula is C16H14ClN3O4S2. The number of sulfonamides is 1. The van der Waals surface area contributed by atoms with Crippen molar-refractivity contribution in [1.82, 2.24) is 9.45 Å². The van der Waals surface area contributed by atoms with Gasteiger partial charge in [-0.05, 0) is 30.3 Å². The van der Waals surface area contributed by atoms with E-state index in [0.717, 1.165) is 10.2 Å². The molecule has 0 fully saturated rings. The van der Waals surface area contributed by atoms with Crippen LogP contribution in [0.5, 0.6) is 0 Å². The zero-order valence-electron chi connectivity index (χ0n) is 13.8. The molecule has 0 bridgehead atoms. The Bertz CT molecular complexity index is 1050. The maximum absolute atomic E-state index is 12.6. The summed E-state index contributed by atoms with van der Waals surface area (Å²) in [6, 6.07) is 11.3.